The van der Waals surface area contributed by atoms with Crippen LogP contribution in [-0.2, 0) is 10.0 Å². The van der Waals surface area contributed by atoms with Gasteiger partial charge < -0.3 is 19.4 Å². The molecule has 0 spiro atoms. The van der Waals surface area contributed by atoms with Crippen molar-refractivity contribution in [2.75, 3.05) is 35.1 Å². The Balaban J connectivity index is 1.51. The van der Waals surface area contributed by atoms with Gasteiger partial charge in [-0.15, -0.1) is 0 Å². The molecular weight excluding hydrogens is 494 g/mol. The number of methoxy groups -OCH3 is 1. The standard InChI is InChI=1S/C27H25N3O6S/c1-35-24-11-5-3-9-21(24)29-37(33,34)25-17-19(12-13-22(25)30-14-6-7-15-30)28-26(31)20-16-18-8-2-4-10-23(18)36-27(20)32/h2-5,8-13,16-17,29H,6-7,14-15H2,1H3,(H,28,31). The first kappa shape index (κ1) is 24.4. The SMILES string of the molecule is COc1ccccc1NS(=O)(=O)c1cc(NC(=O)c2cc3ccccc3oc2=O)ccc1N1CCCC1. The third kappa shape index (κ3) is 5.01. The maximum atomic E-state index is 13.6. The van der Waals surface area contributed by atoms with Gasteiger partial charge in [0.1, 0.15) is 21.8 Å². The molecule has 0 radical (unpaired) electrons. The summed E-state index contributed by atoms with van der Waals surface area (Å²) in [6, 6.07) is 19.7. The molecule has 9 nitrogen and oxygen atoms in total. The lowest BCUT2D eigenvalue weighted by Gasteiger charge is -2.23. The van der Waals surface area contributed by atoms with Crippen molar-refractivity contribution in [2.24, 2.45) is 0 Å². The molecule has 0 saturated carbocycles. The quantitative estimate of drug-likeness (QED) is 0.346. The Kier molecular flexibility index (Phi) is 6.58. The molecule has 0 bridgehead atoms. The molecule has 37 heavy (non-hydrogen) atoms. The van der Waals surface area contributed by atoms with Crippen molar-refractivity contribution in [1.29, 1.82) is 0 Å². The summed E-state index contributed by atoms with van der Waals surface area (Å²) in [6.45, 7) is 1.45. The number of ether oxygens (including phenoxy) is 1. The molecule has 1 aliphatic rings. The van der Waals surface area contributed by atoms with Crippen molar-refractivity contribution in [1.82, 2.24) is 0 Å². The molecule has 2 heterocycles. The highest BCUT2D eigenvalue weighted by atomic mass is 32.2. The van der Waals surface area contributed by atoms with Gasteiger partial charge in [0.05, 0.1) is 18.5 Å². The van der Waals surface area contributed by atoms with Crippen LogP contribution in [0.4, 0.5) is 17.1 Å². The van der Waals surface area contributed by atoms with Gasteiger partial charge in [0.25, 0.3) is 15.9 Å². The topological polar surface area (TPSA) is 118 Å². The number of hydrogen-bond donors (Lipinski definition) is 2. The Bertz CT molecular complexity index is 1640. The Morgan fingerprint density at radius 1 is 0.973 bits per heavy atom. The van der Waals surface area contributed by atoms with E-state index in [0.717, 1.165) is 25.9 Å². The maximum absolute atomic E-state index is 13.6. The molecule has 1 amide bonds. The van der Waals surface area contributed by atoms with Gasteiger partial charge in [0.2, 0.25) is 0 Å². The molecule has 10 heteroatoms. The van der Waals surface area contributed by atoms with Gasteiger partial charge in [-0.2, -0.15) is 0 Å². The number of sulfonamides is 1. The van der Waals surface area contributed by atoms with Crippen molar-refractivity contribution < 1.29 is 22.4 Å². The molecule has 3 aromatic carbocycles. The zero-order valence-electron chi connectivity index (χ0n) is 20.1. The molecule has 5 rings (SSSR count). The highest BCUT2D eigenvalue weighted by Crippen LogP contribution is 2.34. The number of anilines is 3. The summed E-state index contributed by atoms with van der Waals surface area (Å²) in [5, 5.41) is 3.24. The predicted molar refractivity (Wildman–Crippen MR) is 142 cm³/mol. The highest BCUT2D eigenvalue weighted by molar-refractivity contribution is 7.93. The number of fused-ring (bicyclic) bond motifs is 1. The minimum absolute atomic E-state index is 0.00338. The Morgan fingerprint density at radius 3 is 2.49 bits per heavy atom. The van der Waals surface area contributed by atoms with E-state index >= 15 is 0 Å². The zero-order chi connectivity index (χ0) is 26.0. The average molecular weight is 520 g/mol. The Hall–Kier alpha value is -4.31. The molecule has 1 saturated heterocycles. The van der Waals surface area contributed by atoms with Crippen LogP contribution in [-0.4, -0.2) is 34.5 Å². The van der Waals surface area contributed by atoms with Gasteiger partial charge in [0, 0.05) is 24.2 Å². The van der Waals surface area contributed by atoms with E-state index < -0.39 is 21.6 Å². The van der Waals surface area contributed by atoms with E-state index in [9.17, 15) is 18.0 Å². The summed E-state index contributed by atoms with van der Waals surface area (Å²) in [5.74, 6) is -0.323. The van der Waals surface area contributed by atoms with Gasteiger partial charge in [-0.25, -0.2) is 13.2 Å². The monoisotopic (exact) mass is 519 g/mol. The van der Waals surface area contributed by atoms with Crippen LogP contribution >= 0.6 is 0 Å². The van der Waals surface area contributed by atoms with E-state index in [-0.39, 0.29) is 16.1 Å². The number of nitrogens with one attached hydrogen (secondary N) is 2. The lowest BCUT2D eigenvalue weighted by molar-refractivity contribution is 0.102. The first-order chi connectivity index (χ1) is 17.9. The summed E-state index contributed by atoms with van der Waals surface area (Å²) in [5.41, 5.74) is 0.453. The second kappa shape index (κ2) is 9.98. The number of hydrogen-bond acceptors (Lipinski definition) is 7. The van der Waals surface area contributed by atoms with Crippen LogP contribution in [0.3, 0.4) is 0 Å². The van der Waals surface area contributed by atoms with E-state index in [4.69, 9.17) is 9.15 Å². The number of amides is 1. The van der Waals surface area contributed by atoms with Gasteiger partial charge in [-0.3, -0.25) is 9.52 Å². The van der Waals surface area contributed by atoms with Crippen molar-refractivity contribution in [3.05, 3.63) is 88.8 Å². The van der Waals surface area contributed by atoms with Gasteiger partial charge in [0.15, 0.2) is 0 Å². The van der Waals surface area contributed by atoms with Crippen molar-refractivity contribution in [2.45, 2.75) is 17.7 Å². The largest absolute Gasteiger partial charge is 0.495 e. The number of carbonyl (C=O) groups is 1. The molecule has 0 atom stereocenters. The van der Waals surface area contributed by atoms with Gasteiger partial charge in [-0.05, 0) is 55.3 Å². The van der Waals surface area contributed by atoms with Crippen LogP contribution < -0.4 is 25.3 Å². The van der Waals surface area contributed by atoms with Crippen LogP contribution in [0.2, 0.25) is 0 Å². The number of rotatable bonds is 7. The second-order valence-electron chi connectivity index (χ2n) is 8.62. The van der Waals surface area contributed by atoms with E-state index in [0.29, 0.717) is 28.1 Å². The molecule has 4 aromatic rings. The Morgan fingerprint density at radius 2 is 1.70 bits per heavy atom. The van der Waals surface area contributed by atoms with Crippen molar-refractivity contribution in [3.63, 3.8) is 0 Å². The number of carbonyl (C=O) groups excluding carboxylic acids is 1. The predicted octanol–water partition coefficient (Wildman–Crippen LogP) is 4.45. The molecule has 0 unspecified atom stereocenters. The lowest BCUT2D eigenvalue weighted by Crippen LogP contribution is -2.24. The second-order valence-corrected chi connectivity index (χ2v) is 10.3. The molecule has 1 fully saturated rings. The van der Waals surface area contributed by atoms with Crippen LogP contribution in [0.1, 0.15) is 23.2 Å². The van der Waals surface area contributed by atoms with Crippen molar-refractivity contribution in [3.8, 4) is 5.75 Å². The Labute approximate surface area is 213 Å². The summed E-state index contributed by atoms with van der Waals surface area (Å²) in [7, 11) is -2.62. The number of para-hydroxylation sites is 3. The van der Waals surface area contributed by atoms with Gasteiger partial charge >= 0.3 is 5.63 Å². The van der Waals surface area contributed by atoms with E-state index in [1.807, 2.05) is 4.90 Å². The molecule has 0 aliphatic carbocycles. The molecule has 2 N–H and O–H groups in total. The normalized spacial score (nSPS) is 13.5. The molecule has 1 aromatic heterocycles. The van der Waals surface area contributed by atoms with E-state index in [1.54, 1.807) is 60.7 Å². The minimum Gasteiger partial charge on any atom is -0.495 e. The van der Waals surface area contributed by atoms with E-state index in [2.05, 4.69) is 10.0 Å². The fourth-order valence-electron chi connectivity index (χ4n) is 4.37. The summed E-state index contributed by atoms with van der Waals surface area (Å²) < 4.78 is 40.3. The fraction of sp³-hybridized carbons (Fsp3) is 0.185. The fourth-order valence-corrected chi connectivity index (χ4v) is 5.70. The van der Waals surface area contributed by atoms with E-state index in [1.165, 1.54) is 19.2 Å². The zero-order valence-corrected chi connectivity index (χ0v) is 20.9. The summed E-state index contributed by atoms with van der Waals surface area (Å²) >= 11 is 0. The third-order valence-electron chi connectivity index (χ3n) is 6.19. The number of nitrogens with zero attached hydrogens (tertiary/aromatic N) is 1. The first-order valence-electron chi connectivity index (χ1n) is 11.7. The highest BCUT2D eigenvalue weighted by Gasteiger charge is 2.26. The van der Waals surface area contributed by atoms with Crippen LogP contribution in [0.5, 0.6) is 5.75 Å². The van der Waals surface area contributed by atoms with Crippen LogP contribution in [0.25, 0.3) is 11.0 Å². The van der Waals surface area contributed by atoms with Crippen LogP contribution in [0.15, 0.2) is 86.9 Å². The number of benzene rings is 3. The smallest absolute Gasteiger partial charge is 0.349 e. The lowest BCUT2D eigenvalue weighted by atomic mass is 10.1. The van der Waals surface area contributed by atoms with Gasteiger partial charge in [-0.1, -0.05) is 30.3 Å². The van der Waals surface area contributed by atoms with Crippen LogP contribution in [0, 0.1) is 0 Å². The first-order valence-corrected chi connectivity index (χ1v) is 13.2. The average Bonchev–Trinajstić information content (AvgIpc) is 3.43. The summed E-state index contributed by atoms with van der Waals surface area (Å²) in [6.07, 6.45) is 1.91. The maximum Gasteiger partial charge on any atom is 0.349 e. The molecule has 190 valence electrons. The molecular formula is C27H25N3O6S. The third-order valence-corrected chi connectivity index (χ3v) is 7.59. The molecule has 1 aliphatic heterocycles. The minimum atomic E-state index is -4.08. The van der Waals surface area contributed by atoms with Crippen molar-refractivity contribution >= 4 is 44.0 Å². The summed E-state index contributed by atoms with van der Waals surface area (Å²) in [4.78, 5) is 27.4.